The van der Waals surface area contributed by atoms with Crippen LogP contribution in [0.3, 0.4) is 0 Å². The number of aryl methyl sites for hydroxylation is 1. The fourth-order valence-corrected chi connectivity index (χ4v) is 5.38. The molecule has 1 saturated heterocycles. The second-order valence-electron chi connectivity index (χ2n) is 7.90. The minimum atomic E-state index is -3.90. The Bertz CT molecular complexity index is 1150. The molecule has 1 N–H and O–H groups in total. The highest BCUT2D eigenvalue weighted by Gasteiger charge is 2.40. The van der Waals surface area contributed by atoms with Crippen molar-refractivity contribution >= 4 is 38.3 Å². The average molecular weight is 420 g/mol. The summed E-state index contributed by atoms with van der Waals surface area (Å²) in [7, 11) is -3.90. The Labute approximate surface area is 169 Å². The molecule has 3 aromatic rings. The van der Waals surface area contributed by atoms with Crippen LogP contribution in [0.15, 0.2) is 47.4 Å². The monoisotopic (exact) mass is 419 g/mol. The topological polar surface area (TPSA) is 75.4 Å². The third-order valence-corrected chi connectivity index (χ3v) is 7.18. The average Bonchev–Trinajstić information content (AvgIpc) is 3.13. The normalized spacial score (nSPS) is 19.5. The van der Waals surface area contributed by atoms with E-state index in [1.54, 1.807) is 42.5 Å². The first-order valence-electron chi connectivity index (χ1n) is 9.06. The smallest absolute Gasteiger partial charge is 0.283 e. The molecule has 1 unspecified atom stereocenters. The number of nitrogens with zero attached hydrogens (tertiary/aromatic N) is 3. The number of halogens is 1. The molecule has 0 aliphatic carbocycles. The van der Waals surface area contributed by atoms with Crippen molar-refractivity contribution in [1.82, 2.24) is 9.19 Å². The van der Waals surface area contributed by atoms with Gasteiger partial charge >= 0.3 is 0 Å². The Morgan fingerprint density at radius 3 is 2.46 bits per heavy atom. The summed E-state index contributed by atoms with van der Waals surface area (Å²) < 4.78 is 27.7. The number of hydrogen-bond acceptors (Lipinski definition) is 5. The van der Waals surface area contributed by atoms with Crippen LogP contribution in [0.1, 0.15) is 25.8 Å². The van der Waals surface area contributed by atoms with Gasteiger partial charge in [0.2, 0.25) is 0 Å². The maximum Gasteiger partial charge on any atom is 0.283 e. The first kappa shape index (κ1) is 19.2. The Morgan fingerprint density at radius 1 is 1.18 bits per heavy atom. The van der Waals surface area contributed by atoms with Crippen LogP contribution in [-0.4, -0.2) is 40.9 Å². The Hall–Kier alpha value is -2.09. The summed E-state index contributed by atoms with van der Waals surface area (Å²) in [5.41, 5.74) is 1.01. The number of hydrogen-bond donors (Lipinski definition) is 1. The van der Waals surface area contributed by atoms with Crippen molar-refractivity contribution in [2.24, 2.45) is 0 Å². The molecule has 2 heterocycles. The van der Waals surface area contributed by atoms with Crippen molar-refractivity contribution < 1.29 is 13.5 Å². The summed E-state index contributed by atoms with van der Waals surface area (Å²) in [5.74, 6) is 0.470. The van der Waals surface area contributed by atoms with E-state index < -0.39 is 16.1 Å². The number of β-amino-alcohol motifs (C(OH)–C–C–N with tert-alkyl or cyclic N) is 1. The van der Waals surface area contributed by atoms with E-state index in [0.29, 0.717) is 34.7 Å². The van der Waals surface area contributed by atoms with Crippen molar-refractivity contribution in [2.45, 2.75) is 43.7 Å². The highest BCUT2D eigenvalue weighted by Crippen LogP contribution is 2.40. The van der Waals surface area contributed by atoms with E-state index in [2.05, 4.69) is 5.10 Å². The molecule has 6 nitrogen and oxygen atoms in total. The molecule has 0 bridgehead atoms. The van der Waals surface area contributed by atoms with Gasteiger partial charge in [0.05, 0.1) is 26.9 Å². The van der Waals surface area contributed by atoms with E-state index in [0.717, 1.165) is 9.65 Å². The predicted octanol–water partition coefficient (Wildman–Crippen LogP) is 3.58. The van der Waals surface area contributed by atoms with Crippen LogP contribution < -0.4 is 4.90 Å². The predicted molar refractivity (Wildman–Crippen MR) is 111 cm³/mol. The fraction of sp³-hybridized carbons (Fsp3) is 0.350. The molecule has 0 spiro atoms. The number of fused-ring (bicyclic) bond motifs is 1. The lowest BCUT2D eigenvalue weighted by Gasteiger charge is -2.31. The second-order valence-corrected chi connectivity index (χ2v) is 10.1. The van der Waals surface area contributed by atoms with Gasteiger partial charge in [0.15, 0.2) is 5.82 Å². The molecule has 0 radical (unpaired) electrons. The molecule has 1 atom stereocenters. The quantitative estimate of drug-likeness (QED) is 0.702. The van der Waals surface area contributed by atoms with Crippen LogP contribution in [0.2, 0.25) is 5.02 Å². The highest BCUT2D eigenvalue weighted by molar-refractivity contribution is 7.90. The summed E-state index contributed by atoms with van der Waals surface area (Å²) in [4.78, 5) is 2.10. The summed E-state index contributed by atoms with van der Waals surface area (Å²) in [6, 6.07) is 11.8. The molecule has 1 aliphatic heterocycles. The van der Waals surface area contributed by atoms with Crippen LogP contribution in [0.4, 0.5) is 5.82 Å². The Morgan fingerprint density at radius 2 is 1.86 bits per heavy atom. The summed E-state index contributed by atoms with van der Waals surface area (Å²) >= 11 is 6.46. The van der Waals surface area contributed by atoms with E-state index in [1.165, 1.54) is 0 Å². The van der Waals surface area contributed by atoms with Gasteiger partial charge in [-0.05, 0) is 51.5 Å². The molecule has 8 heteroatoms. The number of aliphatic hydroxyl groups excluding tert-OH is 1. The highest BCUT2D eigenvalue weighted by atomic mass is 35.5. The van der Waals surface area contributed by atoms with E-state index >= 15 is 0 Å². The van der Waals surface area contributed by atoms with Crippen molar-refractivity contribution in [3.63, 3.8) is 0 Å². The molecule has 148 valence electrons. The first-order valence-corrected chi connectivity index (χ1v) is 10.9. The SMILES string of the molecule is Cc1ccc(S(=O)(=O)n2nc(N3CC(O)CC3(C)C)c3c(Cl)cccc32)cc1. The number of aliphatic hydroxyl groups is 1. The maximum absolute atomic E-state index is 13.3. The molecule has 28 heavy (non-hydrogen) atoms. The maximum atomic E-state index is 13.3. The lowest BCUT2D eigenvalue weighted by molar-refractivity contribution is 0.188. The van der Waals surface area contributed by atoms with E-state index in [9.17, 15) is 13.5 Å². The zero-order valence-electron chi connectivity index (χ0n) is 15.9. The van der Waals surface area contributed by atoms with Gasteiger partial charge in [0, 0.05) is 12.1 Å². The standard InChI is InChI=1S/C20H22ClN3O3S/c1-13-7-9-15(10-8-13)28(26,27)24-17-6-4-5-16(21)18(17)19(22-24)23-12-14(25)11-20(23,2)3/h4-10,14,25H,11-12H2,1-3H3. The van der Waals surface area contributed by atoms with Crippen molar-refractivity contribution in [3.05, 3.63) is 53.1 Å². The molecule has 0 saturated carbocycles. The van der Waals surface area contributed by atoms with Gasteiger partial charge in [0.1, 0.15) is 0 Å². The van der Waals surface area contributed by atoms with Gasteiger partial charge in [-0.15, -0.1) is 5.10 Å². The van der Waals surface area contributed by atoms with Crippen LogP contribution in [0.25, 0.3) is 10.9 Å². The van der Waals surface area contributed by atoms with Gasteiger partial charge < -0.3 is 10.0 Å². The van der Waals surface area contributed by atoms with Crippen LogP contribution in [0.5, 0.6) is 0 Å². The van der Waals surface area contributed by atoms with Crippen molar-refractivity contribution in [3.8, 4) is 0 Å². The van der Waals surface area contributed by atoms with E-state index in [4.69, 9.17) is 11.6 Å². The van der Waals surface area contributed by atoms with Crippen LogP contribution >= 0.6 is 11.6 Å². The van der Waals surface area contributed by atoms with Gasteiger partial charge in [-0.25, -0.2) is 0 Å². The zero-order chi connectivity index (χ0) is 20.3. The summed E-state index contributed by atoms with van der Waals surface area (Å²) in [5, 5.41) is 15.7. The molecular weight excluding hydrogens is 398 g/mol. The lowest BCUT2D eigenvalue weighted by Crippen LogP contribution is -2.38. The molecule has 0 amide bonds. The molecule has 1 aromatic heterocycles. The third kappa shape index (κ3) is 2.98. The number of aromatic nitrogens is 2. The molecule has 4 rings (SSSR count). The largest absolute Gasteiger partial charge is 0.391 e. The third-order valence-electron chi connectivity index (χ3n) is 5.27. The number of anilines is 1. The summed E-state index contributed by atoms with van der Waals surface area (Å²) in [6.45, 7) is 6.27. The van der Waals surface area contributed by atoms with E-state index in [1.807, 2.05) is 25.7 Å². The van der Waals surface area contributed by atoms with Crippen molar-refractivity contribution in [1.29, 1.82) is 0 Å². The molecule has 1 aliphatic rings. The first-order chi connectivity index (χ1) is 13.1. The van der Waals surface area contributed by atoms with Crippen LogP contribution in [0, 0.1) is 6.92 Å². The minimum Gasteiger partial charge on any atom is -0.391 e. The second kappa shape index (κ2) is 6.47. The van der Waals surface area contributed by atoms with Gasteiger partial charge in [0.25, 0.3) is 10.0 Å². The van der Waals surface area contributed by atoms with Gasteiger partial charge in [-0.3, -0.25) is 0 Å². The fourth-order valence-electron chi connectivity index (χ4n) is 3.85. The minimum absolute atomic E-state index is 0.162. The van der Waals surface area contributed by atoms with Crippen molar-refractivity contribution in [2.75, 3.05) is 11.4 Å². The van der Waals surface area contributed by atoms with E-state index in [-0.39, 0.29) is 10.4 Å². The van der Waals surface area contributed by atoms with Gasteiger partial charge in [-0.2, -0.15) is 12.5 Å². The Balaban J connectivity index is 1.97. The summed E-state index contributed by atoms with van der Waals surface area (Å²) in [6.07, 6.45) is 0.0580. The lowest BCUT2D eigenvalue weighted by atomic mass is 10.0. The number of rotatable bonds is 3. The molecule has 2 aromatic carbocycles. The van der Waals surface area contributed by atoms with Gasteiger partial charge in [-0.1, -0.05) is 35.4 Å². The van der Waals surface area contributed by atoms with Crippen LogP contribution in [-0.2, 0) is 10.0 Å². The molecular formula is C20H22ClN3O3S. The Kier molecular flexibility index (Phi) is 4.45. The zero-order valence-corrected chi connectivity index (χ0v) is 17.5. The number of benzene rings is 2. The molecule has 1 fully saturated rings.